The Labute approximate surface area is 165 Å². The van der Waals surface area contributed by atoms with Gasteiger partial charge in [-0.25, -0.2) is 0 Å². The molecule has 0 aromatic carbocycles. The van der Waals surface area contributed by atoms with Crippen LogP contribution in [0.3, 0.4) is 0 Å². The summed E-state index contributed by atoms with van der Waals surface area (Å²) in [6.45, 7) is 4.07. The summed E-state index contributed by atoms with van der Waals surface area (Å²) in [5.41, 5.74) is 0. The number of rotatable bonds is 10. The van der Waals surface area contributed by atoms with Crippen molar-refractivity contribution < 1.29 is 25.3 Å². The predicted molar refractivity (Wildman–Crippen MR) is 99.7 cm³/mol. The molecule has 2 N–H and O–H groups in total. The van der Waals surface area contributed by atoms with E-state index in [2.05, 4.69) is 10.6 Å². The molecular formula is C18H30N2O6Sn. The van der Waals surface area contributed by atoms with E-state index in [0.29, 0.717) is 34.6 Å². The molecule has 2 saturated heterocycles. The molecule has 27 heavy (non-hydrogen) atoms. The average molecular weight is 489 g/mol. The van der Waals surface area contributed by atoms with Gasteiger partial charge in [-0.15, -0.1) is 0 Å². The van der Waals surface area contributed by atoms with Gasteiger partial charge in [-0.05, 0) is 0 Å². The van der Waals surface area contributed by atoms with E-state index < -0.39 is 43.2 Å². The third-order valence-corrected chi connectivity index (χ3v) is 14.6. The van der Waals surface area contributed by atoms with Gasteiger partial charge in [0.15, 0.2) is 0 Å². The number of carbonyl (C=O) groups is 4. The first-order valence-corrected chi connectivity index (χ1v) is 16.3. The quantitative estimate of drug-likeness (QED) is 0.452. The molecule has 2 atom stereocenters. The van der Waals surface area contributed by atoms with E-state index in [1.54, 1.807) is 0 Å². The first-order valence-electron chi connectivity index (χ1n) is 9.93. The molecule has 2 amide bonds. The molecule has 0 spiro atoms. The summed E-state index contributed by atoms with van der Waals surface area (Å²) in [5.74, 6) is -1.28. The summed E-state index contributed by atoms with van der Waals surface area (Å²) in [6, 6.07) is -1.30. The number of unbranched alkanes of at least 4 members (excludes halogenated alkanes) is 2. The second kappa shape index (κ2) is 10.3. The van der Waals surface area contributed by atoms with Gasteiger partial charge in [0.2, 0.25) is 0 Å². The third-order valence-electron chi connectivity index (χ3n) is 4.96. The second-order valence-corrected chi connectivity index (χ2v) is 16.5. The topological polar surface area (TPSA) is 111 Å². The van der Waals surface area contributed by atoms with Crippen molar-refractivity contribution in [1.29, 1.82) is 0 Å². The number of carbonyl (C=O) groups excluding carboxylic acids is 4. The van der Waals surface area contributed by atoms with Crippen molar-refractivity contribution in [2.75, 3.05) is 0 Å². The third kappa shape index (κ3) is 6.36. The van der Waals surface area contributed by atoms with Gasteiger partial charge in [-0.2, -0.15) is 0 Å². The number of hydrogen-bond acceptors (Lipinski definition) is 6. The molecule has 0 saturated carbocycles. The van der Waals surface area contributed by atoms with Crippen molar-refractivity contribution in [3.05, 3.63) is 0 Å². The molecule has 0 bridgehead atoms. The van der Waals surface area contributed by atoms with Crippen LogP contribution in [0.4, 0.5) is 0 Å². The van der Waals surface area contributed by atoms with E-state index in [-0.39, 0.29) is 11.8 Å². The molecule has 2 rings (SSSR count). The zero-order valence-electron chi connectivity index (χ0n) is 16.2. The van der Waals surface area contributed by atoms with E-state index in [9.17, 15) is 19.2 Å². The average Bonchev–Trinajstić information content (AvgIpc) is 3.26. The number of amides is 2. The van der Waals surface area contributed by atoms with E-state index in [0.717, 1.165) is 25.7 Å². The van der Waals surface area contributed by atoms with Gasteiger partial charge in [0, 0.05) is 0 Å². The fourth-order valence-corrected chi connectivity index (χ4v) is 13.3. The molecule has 0 unspecified atom stereocenters. The molecule has 0 radical (unpaired) electrons. The van der Waals surface area contributed by atoms with Crippen LogP contribution in [-0.2, 0) is 25.3 Å². The summed E-state index contributed by atoms with van der Waals surface area (Å²) < 4.78 is 13.1. The van der Waals surface area contributed by atoms with Crippen LogP contribution < -0.4 is 10.6 Å². The van der Waals surface area contributed by atoms with Crippen molar-refractivity contribution >= 4 is 43.0 Å². The predicted octanol–water partition coefficient (Wildman–Crippen LogP) is 1.67. The van der Waals surface area contributed by atoms with Crippen LogP contribution in [0, 0.1) is 0 Å². The van der Waals surface area contributed by atoms with Gasteiger partial charge in [0.1, 0.15) is 0 Å². The van der Waals surface area contributed by atoms with Crippen LogP contribution in [0.15, 0.2) is 0 Å². The maximum absolute atomic E-state index is 12.6. The molecule has 0 aliphatic carbocycles. The normalized spacial score (nSPS) is 22.3. The molecule has 2 aliphatic rings. The summed E-state index contributed by atoms with van der Waals surface area (Å²) in [5, 5.41) is 5.25. The number of hydrogen-bond donors (Lipinski definition) is 2. The molecule has 0 aromatic rings. The zero-order valence-corrected chi connectivity index (χ0v) is 19.0. The summed E-state index contributed by atoms with van der Waals surface area (Å²) in [4.78, 5) is 48.1. The number of nitrogens with one attached hydrogen (secondary N) is 2. The van der Waals surface area contributed by atoms with Crippen LogP contribution in [0.5, 0.6) is 0 Å². The Morgan fingerprint density at radius 2 is 1.30 bits per heavy atom. The second-order valence-electron chi connectivity index (χ2n) is 7.28. The van der Waals surface area contributed by atoms with Crippen LogP contribution >= 0.6 is 0 Å². The molecule has 9 heteroatoms. The summed E-state index contributed by atoms with van der Waals surface area (Å²) >= 11 is -4.06. The van der Waals surface area contributed by atoms with Gasteiger partial charge in [-0.3, -0.25) is 0 Å². The van der Waals surface area contributed by atoms with Gasteiger partial charge >= 0.3 is 165 Å². The van der Waals surface area contributed by atoms with Gasteiger partial charge in [0.25, 0.3) is 0 Å². The Balaban J connectivity index is 2.13. The molecule has 2 fully saturated rings. The fraction of sp³-hybridized carbons (Fsp3) is 0.778. The standard InChI is InChI=1S/2C5H7NO3.2C4H9.Sn/c2*7-4-2-1-3(6-4)5(8)9;2*1-3-4-2;/h2*3H,1-2H2,(H,6,7)(H,8,9);2*1,3-4H2,2H3;/q;;;;+2/p-2/t2*3-;;;/m00.../s1. The Bertz CT molecular complexity index is 532. The van der Waals surface area contributed by atoms with Crippen LogP contribution in [0.2, 0.25) is 8.87 Å². The van der Waals surface area contributed by atoms with Gasteiger partial charge < -0.3 is 0 Å². The zero-order chi connectivity index (χ0) is 19.9. The summed E-state index contributed by atoms with van der Waals surface area (Å²) in [6.07, 6.45) is 4.87. The van der Waals surface area contributed by atoms with Crippen molar-refractivity contribution in [1.82, 2.24) is 10.6 Å². The first kappa shape index (κ1) is 22.0. The molecule has 0 aromatic heterocycles. The van der Waals surface area contributed by atoms with Crippen LogP contribution in [-0.4, -0.2) is 55.0 Å². The maximum atomic E-state index is 12.6. The van der Waals surface area contributed by atoms with Crippen molar-refractivity contribution in [2.24, 2.45) is 0 Å². The van der Waals surface area contributed by atoms with Gasteiger partial charge in [0.05, 0.1) is 0 Å². The van der Waals surface area contributed by atoms with E-state index in [1.807, 2.05) is 13.8 Å². The SMILES string of the molecule is CCC[CH2][Sn]([CH2]CCC)([O]C(=O)[C@@H]1CCC(=O)N1)[O]C(=O)[C@@H]1CCC(=O)N1. The minimum absolute atomic E-state index is 0.162. The summed E-state index contributed by atoms with van der Waals surface area (Å²) in [7, 11) is 0. The van der Waals surface area contributed by atoms with Gasteiger partial charge in [-0.1, -0.05) is 0 Å². The van der Waals surface area contributed by atoms with Crippen LogP contribution in [0.1, 0.15) is 65.2 Å². The Morgan fingerprint density at radius 3 is 1.59 bits per heavy atom. The van der Waals surface area contributed by atoms with Crippen molar-refractivity contribution in [3.63, 3.8) is 0 Å². The fourth-order valence-electron chi connectivity index (χ4n) is 3.33. The molecule has 2 heterocycles. The molecule has 152 valence electrons. The minimum atomic E-state index is -4.06. The molecular weight excluding hydrogens is 459 g/mol. The monoisotopic (exact) mass is 490 g/mol. The van der Waals surface area contributed by atoms with Crippen molar-refractivity contribution in [3.8, 4) is 0 Å². The Morgan fingerprint density at radius 1 is 0.889 bits per heavy atom. The van der Waals surface area contributed by atoms with E-state index in [1.165, 1.54) is 0 Å². The Kier molecular flexibility index (Phi) is 8.37. The Hall–Kier alpha value is -1.32. The van der Waals surface area contributed by atoms with E-state index in [4.69, 9.17) is 6.15 Å². The van der Waals surface area contributed by atoms with Crippen molar-refractivity contribution in [2.45, 2.75) is 86.2 Å². The molecule has 8 nitrogen and oxygen atoms in total. The molecule has 2 aliphatic heterocycles. The van der Waals surface area contributed by atoms with E-state index >= 15 is 0 Å². The first-order chi connectivity index (χ1) is 12.9. The van der Waals surface area contributed by atoms with Crippen LogP contribution in [0.25, 0.3) is 0 Å².